The first-order valence-corrected chi connectivity index (χ1v) is 7.96. The Morgan fingerprint density at radius 1 is 1.48 bits per heavy atom. The van der Waals surface area contributed by atoms with Crippen LogP contribution in [-0.4, -0.2) is 15.4 Å². The van der Waals surface area contributed by atoms with Crippen LogP contribution in [0, 0.1) is 0 Å². The van der Waals surface area contributed by atoms with Gasteiger partial charge in [-0.05, 0) is 25.5 Å². The number of fused-ring (bicyclic) bond motifs is 1. The Labute approximate surface area is 132 Å². The first-order chi connectivity index (χ1) is 10.1. The summed E-state index contributed by atoms with van der Waals surface area (Å²) in [6.45, 7) is 2.37. The number of aromatic nitrogens is 2. The van der Waals surface area contributed by atoms with E-state index in [1.807, 2.05) is 47.3 Å². The zero-order chi connectivity index (χ0) is 14.8. The van der Waals surface area contributed by atoms with Gasteiger partial charge in [-0.3, -0.25) is 4.40 Å². The van der Waals surface area contributed by atoms with Crippen LogP contribution in [0.4, 0.5) is 0 Å². The van der Waals surface area contributed by atoms with Crippen LogP contribution in [0.15, 0.2) is 36.0 Å². The molecule has 0 amide bonds. The third kappa shape index (κ3) is 3.20. The SMILES string of the molecule is CC(N)Cc1c(Cl)cccc1OCc1cn2ccsc2n1. The molecule has 6 heteroatoms. The van der Waals surface area contributed by atoms with Gasteiger partial charge in [0.25, 0.3) is 0 Å². The summed E-state index contributed by atoms with van der Waals surface area (Å²) in [7, 11) is 0. The number of ether oxygens (including phenoxy) is 1. The normalized spacial score (nSPS) is 12.7. The lowest BCUT2D eigenvalue weighted by molar-refractivity contribution is 0.298. The van der Waals surface area contributed by atoms with E-state index in [2.05, 4.69) is 4.98 Å². The molecule has 4 nitrogen and oxygen atoms in total. The Morgan fingerprint density at radius 3 is 3.10 bits per heavy atom. The first kappa shape index (κ1) is 14.4. The van der Waals surface area contributed by atoms with Crippen molar-refractivity contribution >= 4 is 27.9 Å². The van der Waals surface area contributed by atoms with E-state index in [1.165, 1.54) is 0 Å². The Morgan fingerprint density at radius 2 is 2.33 bits per heavy atom. The lowest BCUT2D eigenvalue weighted by Gasteiger charge is -2.14. The predicted molar refractivity (Wildman–Crippen MR) is 86.2 cm³/mol. The second-order valence-electron chi connectivity index (χ2n) is 5.01. The minimum atomic E-state index is 0.0326. The van der Waals surface area contributed by atoms with Crippen LogP contribution in [-0.2, 0) is 13.0 Å². The molecular formula is C15H16ClN3OS. The third-order valence-electron chi connectivity index (χ3n) is 3.12. The van der Waals surface area contributed by atoms with Gasteiger partial charge in [-0.25, -0.2) is 4.98 Å². The predicted octanol–water partition coefficient (Wildman–Crippen LogP) is 3.52. The van der Waals surface area contributed by atoms with Crippen molar-refractivity contribution in [2.24, 2.45) is 5.73 Å². The Kier molecular flexibility index (Phi) is 4.14. The fourth-order valence-corrected chi connectivity index (χ4v) is 3.15. The van der Waals surface area contributed by atoms with Crippen LogP contribution in [0.1, 0.15) is 18.2 Å². The number of imidazole rings is 1. The molecule has 0 aliphatic carbocycles. The van der Waals surface area contributed by atoms with E-state index in [1.54, 1.807) is 11.3 Å². The minimum absolute atomic E-state index is 0.0326. The Balaban J connectivity index is 1.78. The van der Waals surface area contributed by atoms with E-state index in [4.69, 9.17) is 22.1 Å². The van der Waals surface area contributed by atoms with Crippen molar-refractivity contribution in [3.05, 3.63) is 52.3 Å². The molecule has 0 radical (unpaired) electrons. The van der Waals surface area contributed by atoms with Crippen LogP contribution in [0.25, 0.3) is 4.96 Å². The number of rotatable bonds is 5. The fraction of sp³-hybridized carbons (Fsp3) is 0.267. The number of nitrogens with two attached hydrogens (primary N) is 1. The average molecular weight is 322 g/mol. The van der Waals surface area contributed by atoms with Gasteiger partial charge in [0.05, 0.1) is 5.69 Å². The molecular weight excluding hydrogens is 306 g/mol. The molecule has 1 aromatic carbocycles. The maximum atomic E-state index is 6.25. The Hall–Kier alpha value is -1.56. The van der Waals surface area contributed by atoms with Gasteiger partial charge in [-0.1, -0.05) is 17.7 Å². The molecule has 0 aliphatic rings. The zero-order valence-corrected chi connectivity index (χ0v) is 13.2. The lowest BCUT2D eigenvalue weighted by atomic mass is 10.1. The molecule has 0 spiro atoms. The number of halogens is 1. The second kappa shape index (κ2) is 6.05. The van der Waals surface area contributed by atoms with Crippen molar-refractivity contribution in [1.82, 2.24) is 9.38 Å². The van der Waals surface area contributed by atoms with Crippen molar-refractivity contribution in [3.63, 3.8) is 0 Å². The average Bonchev–Trinajstić information content (AvgIpc) is 3.00. The van der Waals surface area contributed by atoms with Crippen LogP contribution in [0.5, 0.6) is 5.75 Å². The minimum Gasteiger partial charge on any atom is -0.487 e. The molecule has 3 rings (SSSR count). The number of thiazole rings is 1. The summed E-state index contributed by atoms with van der Waals surface area (Å²) >= 11 is 7.85. The molecule has 2 aromatic heterocycles. The number of hydrogen-bond acceptors (Lipinski definition) is 4. The summed E-state index contributed by atoms with van der Waals surface area (Å²) in [5.74, 6) is 0.774. The zero-order valence-electron chi connectivity index (χ0n) is 11.6. The molecule has 0 fully saturated rings. The molecule has 21 heavy (non-hydrogen) atoms. The number of benzene rings is 1. The first-order valence-electron chi connectivity index (χ1n) is 6.70. The highest BCUT2D eigenvalue weighted by atomic mass is 35.5. The summed E-state index contributed by atoms with van der Waals surface area (Å²) in [6, 6.07) is 5.69. The maximum absolute atomic E-state index is 6.25. The molecule has 0 saturated carbocycles. The van der Waals surface area contributed by atoms with Crippen LogP contribution < -0.4 is 10.5 Å². The van der Waals surface area contributed by atoms with Gasteiger partial charge in [0.2, 0.25) is 0 Å². The summed E-state index contributed by atoms with van der Waals surface area (Å²) in [6.07, 6.45) is 4.65. The lowest BCUT2D eigenvalue weighted by Crippen LogP contribution is -2.18. The molecule has 2 heterocycles. The summed E-state index contributed by atoms with van der Waals surface area (Å²) in [5, 5.41) is 2.70. The van der Waals surface area contributed by atoms with Gasteiger partial charge in [0, 0.05) is 34.4 Å². The highest BCUT2D eigenvalue weighted by Gasteiger charge is 2.11. The highest BCUT2D eigenvalue weighted by molar-refractivity contribution is 7.15. The maximum Gasteiger partial charge on any atom is 0.193 e. The molecule has 1 atom stereocenters. The molecule has 110 valence electrons. The van der Waals surface area contributed by atoms with E-state index >= 15 is 0 Å². The van der Waals surface area contributed by atoms with Gasteiger partial charge < -0.3 is 10.5 Å². The van der Waals surface area contributed by atoms with Crippen LogP contribution >= 0.6 is 22.9 Å². The van der Waals surface area contributed by atoms with Crippen molar-refractivity contribution in [1.29, 1.82) is 0 Å². The van der Waals surface area contributed by atoms with E-state index in [-0.39, 0.29) is 6.04 Å². The number of nitrogens with zero attached hydrogens (tertiary/aromatic N) is 2. The van der Waals surface area contributed by atoms with Crippen molar-refractivity contribution in [3.8, 4) is 5.75 Å². The molecule has 3 aromatic rings. The van der Waals surface area contributed by atoms with Crippen molar-refractivity contribution < 1.29 is 4.74 Å². The van der Waals surface area contributed by atoms with Gasteiger partial charge in [-0.2, -0.15) is 0 Å². The quantitative estimate of drug-likeness (QED) is 0.782. The Bertz CT molecular complexity index is 722. The van der Waals surface area contributed by atoms with Crippen LogP contribution in [0.2, 0.25) is 5.02 Å². The van der Waals surface area contributed by atoms with E-state index < -0.39 is 0 Å². The largest absolute Gasteiger partial charge is 0.487 e. The van der Waals surface area contributed by atoms with E-state index in [9.17, 15) is 0 Å². The van der Waals surface area contributed by atoms with E-state index in [0.29, 0.717) is 18.1 Å². The number of hydrogen-bond donors (Lipinski definition) is 1. The molecule has 0 aliphatic heterocycles. The fourth-order valence-electron chi connectivity index (χ4n) is 2.19. The van der Waals surface area contributed by atoms with Gasteiger partial charge in [-0.15, -0.1) is 11.3 Å². The summed E-state index contributed by atoms with van der Waals surface area (Å²) in [4.78, 5) is 5.47. The topological polar surface area (TPSA) is 52.5 Å². The van der Waals surface area contributed by atoms with Crippen LogP contribution in [0.3, 0.4) is 0 Å². The summed E-state index contributed by atoms with van der Waals surface area (Å²) < 4.78 is 7.88. The van der Waals surface area contributed by atoms with Gasteiger partial charge in [0.1, 0.15) is 12.4 Å². The molecule has 0 bridgehead atoms. The molecule has 1 unspecified atom stereocenters. The molecule has 2 N–H and O–H groups in total. The summed E-state index contributed by atoms with van der Waals surface area (Å²) in [5.41, 5.74) is 7.73. The smallest absolute Gasteiger partial charge is 0.193 e. The van der Waals surface area contributed by atoms with Crippen molar-refractivity contribution in [2.75, 3.05) is 0 Å². The van der Waals surface area contributed by atoms with E-state index in [0.717, 1.165) is 22.0 Å². The standard InChI is InChI=1S/C15H16ClN3OS/c1-10(17)7-12-13(16)3-2-4-14(12)20-9-11-8-19-5-6-21-15(19)18-11/h2-6,8,10H,7,9,17H2,1H3. The third-order valence-corrected chi connectivity index (χ3v) is 4.25. The highest BCUT2D eigenvalue weighted by Crippen LogP contribution is 2.28. The molecule has 0 saturated heterocycles. The monoisotopic (exact) mass is 321 g/mol. The second-order valence-corrected chi connectivity index (χ2v) is 6.29. The van der Waals surface area contributed by atoms with Crippen molar-refractivity contribution in [2.45, 2.75) is 26.0 Å². The van der Waals surface area contributed by atoms with Gasteiger partial charge >= 0.3 is 0 Å². The van der Waals surface area contributed by atoms with Gasteiger partial charge in [0.15, 0.2) is 4.96 Å².